The third-order valence-electron chi connectivity index (χ3n) is 3.84. The highest BCUT2D eigenvalue weighted by atomic mass is 16.7. The molecule has 1 fully saturated rings. The van der Waals surface area contributed by atoms with Crippen LogP contribution in [0.25, 0.3) is 0 Å². The summed E-state index contributed by atoms with van der Waals surface area (Å²) in [7, 11) is 0. The van der Waals surface area contributed by atoms with Gasteiger partial charge in [0, 0.05) is 25.2 Å². The molecule has 0 radical (unpaired) electrons. The predicted molar refractivity (Wildman–Crippen MR) is 76.0 cm³/mol. The van der Waals surface area contributed by atoms with E-state index in [1.54, 1.807) is 0 Å². The molecule has 0 aromatic heterocycles. The number of aliphatic hydroxyl groups is 1. The zero-order valence-electron chi connectivity index (χ0n) is 11.7. The van der Waals surface area contributed by atoms with Crippen LogP contribution in [0.5, 0.6) is 11.5 Å². The maximum Gasteiger partial charge on any atom is 0.231 e. The summed E-state index contributed by atoms with van der Waals surface area (Å²) in [4.78, 5) is 2.32. The van der Waals surface area contributed by atoms with Gasteiger partial charge < -0.3 is 24.8 Å². The zero-order chi connectivity index (χ0) is 13.8. The highest BCUT2D eigenvalue weighted by Crippen LogP contribution is 2.35. The van der Waals surface area contributed by atoms with Gasteiger partial charge in [-0.05, 0) is 32.0 Å². The number of likely N-dealkylation sites (tertiary alicyclic amines) is 1. The Bertz CT molecular complexity index is 447. The normalized spacial score (nSPS) is 19.4. The van der Waals surface area contributed by atoms with Crippen LogP contribution in [0.1, 0.15) is 18.4 Å². The number of ether oxygens (including phenoxy) is 2. The maximum atomic E-state index is 10.0. The second kappa shape index (κ2) is 6.43. The fourth-order valence-corrected chi connectivity index (χ4v) is 2.83. The average Bonchev–Trinajstić information content (AvgIpc) is 3.09. The number of fused-ring (bicyclic) bond motifs is 1. The van der Waals surface area contributed by atoms with Crippen LogP contribution >= 0.6 is 0 Å². The summed E-state index contributed by atoms with van der Waals surface area (Å²) < 4.78 is 10.8. The van der Waals surface area contributed by atoms with Crippen molar-refractivity contribution in [2.75, 3.05) is 33.0 Å². The lowest BCUT2D eigenvalue weighted by molar-refractivity contribution is 0.123. The Labute approximate surface area is 119 Å². The van der Waals surface area contributed by atoms with Crippen LogP contribution in [0, 0.1) is 0 Å². The van der Waals surface area contributed by atoms with E-state index in [1.165, 1.54) is 12.8 Å². The summed E-state index contributed by atoms with van der Waals surface area (Å²) in [5, 5.41) is 13.3. The van der Waals surface area contributed by atoms with E-state index in [0.29, 0.717) is 19.9 Å². The van der Waals surface area contributed by atoms with Gasteiger partial charge in [-0.2, -0.15) is 0 Å². The van der Waals surface area contributed by atoms with Crippen molar-refractivity contribution < 1.29 is 14.6 Å². The Balaban J connectivity index is 1.44. The number of nitrogens with zero attached hydrogens (tertiary/aromatic N) is 1. The zero-order valence-corrected chi connectivity index (χ0v) is 11.7. The minimum absolute atomic E-state index is 0.296. The third kappa shape index (κ3) is 3.23. The molecule has 1 aromatic rings. The molecule has 3 rings (SSSR count). The number of rotatable bonds is 6. The lowest BCUT2D eigenvalue weighted by Crippen LogP contribution is -2.36. The lowest BCUT2D eigenvalue weighted by atomic mass is 10.2. The van der Waals surface area contributed by atoms with Gasteiger partial charge in [0.2, 0.25) is 6.79 Å². The smallest absolute Gasteiger partial charge is 0.231 e. The van der Waals surface area contributed by atoms with Gasteiger partial charge in [-0.15, -0.1) is 0 Å². The third-order valence-corrected chi connectivity index (χ3v) is 3.84. The Morgan fingerprint density at radius 2 is 2.10 bits per heavy atom. The molecule has 0 saturated carbocycles. The van der Waals surface area contributed by atoms with Gasteiger partial charge in [-0.25, -0.2) is 0 Å². The van der Waals surface area contributed by atoms with E-state index in [4.69, 9.17) is 9.47 Å². The molecule has 1 atom stereocenters. The molecule has 0 bridgehead atoms. The molecule has 2 aliphatic rings. The molecule has 5 heteroatoms. The van der Waals surface area contributed by atoms with E-state index in [1.807, 2.05) is 18.2 Å². The van der Waals surface area contributed by atoms with Gasteiger partial charge in [0.25, 0.3) is 0 Å². The maximum absolute atomic E-state index is 10.0. The Morgan fingerprint density at radius 1 is 1.25 bits per heavy atom. The number of benzene rings is 1. The van der Waals surface area contributed by atoms with Crippen molar-refractivity contribution in [3.63, 3.8) is 0 Å². The number of para-hydroxylation sites is 1. The van der Waals surface area contributed by atoms with Gasteiger partial charge in [0.15, 0.2) is 11.5 Å². The van der Waals surface area contributed by atoms with Crippen LogP contribution in [0.3, 0.4) is 0 Å². The molecule has 1 unspecified atom stereocenters. The molecule has 20 heavy (non-hydrogen) atoms. The minimum atomic E-state index is -0.318. The summed E-state index contributed by atoms with van der Waals surface area (Å²) in [6, 6.07) is 5.90. The molecule has 2 N–H and O–H groups in total. The van der Waals surface area contributed by atoms with Crippen LogP contribution in [0.2, 0.25) is 0 Å². The lowest BCUT2D eigenvalue weighted by Gasteiger charge is -2.19. The quantitative estimate of drug-likeness (QED) is 0.812. The molecule has 5 nitrogen and oxygen atoms in total. The molecule has 1 saturated heterocycles. The summed E-state index contributed by atoms with van der Waals surface area (Å²) >= 11 is 0. The summed E-state index contributed by atoms with van der Waals surface area (Å²) in [6.45, 7) is 4.58. The highest BCUT2D eigenvalue weighted by molar-refractivity contribution is 5.48. The topological polar surface area (TPSA) is 54.0 Å². The minimum Gasteiger partial charge on any atom is -0.454 e. The number of hydrogen-bond donors (Lipinski definition) is 2. The van der Waals surface area contributed by atoms with E-state index in [2.05, 4.69) is 10.2 Å². The average molecular weight is 278 g/mol. The van der Waals surface area contributed by atoms with Crippen LogP contribution in [-0.2, 0) is 6.54 Å². The van der Waals surface area contributed by atoms with Crippen LogP contribution < -0.4 is 14.8 Å². The Morgan fingerprint density at radius 3 is 2.95 bits per heavy atom. The fraction of sp³-hybridized carbons (Fsp3) is 0.600. The van der Waals surface area contributed by atoms with E-state index in [9.17, 15) is 5.11 Å². The predicted octanol–water partition coefficient (Wildman–Crippen LogP) is 0.962. The van der Waals surface area contributed by atoms with E-state index in [0.717, 1.165) is 36.7 Å². The van der Waals surface area contributed by atoms with Crippen molar-refractivity contribution in [1.29, 1.82) is 0 Å². The molecule has 1 aromatic carbocycles. The largest absolute Gasteiger partial charge is 0.454 e. The second-order valence-electron chi connectivity index (χ2n) is 5.44. The molecule has 2 aliphatic heterocycles. The van der Waals surface area contributed by atoms with Crippen molar-refractivity contribution >= 4 is 0 Å². The van der Waals surface area contributed by atoms with E-state index >= 15 is 0 Å². The summed E-state index contributed by atoms with van der Waals surface area (Å²) in [5.74, 6) is 1.64. The standard InChI is InChI=1S/C15H22N2O3/c18-13(10-17-6-1-2-7-17)9-16-8-12-4-3-5-14-15(12)20-11-19-14/h3-5,13,16,18H,1-2,6-11H2. The SMILES string of the molecule is OC(CNCc1cccc2c1OCO2)CN1CCCC1. The van der Waals surface area contributed by atoms with Crippen molar-refractivity contribution in [2.45, 2.75) is 25.5 Å². The first kappa shape index (κ1) is 13.7. The monoisotopic (exact) mass is 278 g/mol. The van der Waals surface area contributed by atoms with Crippen molar-refractivity contribution in [3.05, 3.63) is 23.8 Å². The van der Waals surface area contributed by atoms with Gasteiger partial charge in [0.1, 0.15) is 0 Å². The van der Waals surface area contributed by atoms with Crippen molar-refractivity contribution in [3.8, 4) is 11.5 Å². The molecule has 0 spiro atoms. The first-order valence-corrected chi connectivity index (χ1v) is 7.31. The number of hydrogen-bond acceptors (Lipinski definition) is 5. The van der Waals surface area contributed by atoms with Gasteiger partial charge >= 0.3 is 0 Å². The summed E-state index contributed by atoms with van der Waals surface area (Å²) in [5.41, 5.74) is 1.08. The van der Waals surface area contributed by atoms with Crippen molar-refractivity contribution in [2.24, 2.45) is 0 Å². The Hall–Kier alpha value is -1.30. The molecular formula is C15H22N2O3. The van der Waals surface area contributed by atoms with Crippen LogP contribution in [0.4, 0.5) is 0 Å². The molecular weight excluding hydrogens is 256 g/mol. The first-order chi connectivity index (χ1) is 9.83. The van der Waals surface area contributed by atoms with Crippen molar-refractivity contribution in [1.82, 2.24) is 10.2 Å². The Kier molecular flexibility index (Phi) is 4.40. The van der Waals surface area contributed by atoms with Crippen LogP contribution in [-0.4, -0.2) is 49.1 Å². The number of nitrogens with one attached hydrogen (secondary N) is 1. The fourth-order valence-electron chi connectivity index (χ4n) is 2.83. The van der Waals surface area contributed by atoms with Gasteiger partial charge in [0.05, 0.1) is 6.10 Å². The van der Waals surface area contributed by atoms with E-state index < -0.39 is 0 Å². The van der Waals surface area contributed by atoms with Gasteiger partial charge in [-0.3, -0.25) is 0 Å². The number of aliphatic hydroxyl groups excluding tert-OH is 1. The highest BCUT2D eigenvalue weighted by Gasteiger charge is 2.18. The van der Waals surface area contributed by atoms with Gasteiger partial charge in [-0.1, -0.05) is 12.1 Å². The second-order valence-corrected chi connectivity index (χ2v) is 5.44. The molecule has 110 valence electrons. The molecule has 0 aliphatic carbocycles. The molecule has 2 heterocycles. The van der Waals surface area contributed by atoms with E-state index in [-0.39, 0.29) is 6.10 Å². The molecule has 0 amide bonds. The first-order valence-electron chi connectivity index (χ1n) is 7.31. The summed E-state index contributed by atoms with van der Waals surface area (Å²) in [6.07, 6.45) is 2.20. The number of β-amino-alcohol motifs (C(OH)–C–C–N with tert-alkyl or cyclic N) is 1. The van der Waals surface area contributed by atoms with Crippen LogP contribution in [0.15, 0.2) is 18.2 Å².